The van der Waals surface area contributed by atoms with Gasteiger partial charge in [0.2, 0.25) is 17.8 Å². The van der Waals surface area contributed by atoms with Crippen LogP contribution in [0.3, 0.4) is 0 Å². The summed E-state index contributed by atoms with van der Waals surface area (Å²) in [5, 5.41) is 10.8. The Kier molecular flexibility index (Phi) is 14.6. The van der Waals surface area contributed by atoms with E-state index < -0.39 is 17.8 Å². The molecule has 0 radical (unpaired) electrons. The summed E-state index contributed by atoms with van der Waals surface area (Å²) in [7, 11) is -0.363. The van der Waals surface area contributed by atoms with Crippen molar-refractivity contribution in [3.05, 3.63) is 131 Å². The van der Waals surface area contributed by atoms with Crippen molar-refractivity contribution in [1.82, 2.24) is 45.9 Å². The van der Waals surface area contributed by atoms with Crippen LogP contribution < -0.4 is 38.6 Å². The highest BCUT2D eigenvalue weighted by atomic mass is 79.9. The summed E-state index contributed by atoms with van der Waals surface area (Å²) in [5.74, 6) is 1.43. The van der Waals surface area contributed by atoms with Gasteiger partial charge in [-0.3, -0.25) is 0 Å². The molecule has 7 saturated heterocycles. The third-order valence-corrected chi connectivity index (χ3v) is 16.8. The summed E-state index contributed by atoms with van der Waals surface area (Å²) in [6.07, 6.45) is 20.8. The van der Waals surface area contributed by atoms with E-state index in [-0.39, 0.29) is 18.3 Å². The number of pyridine rings is 6. The van der Waals surface area contributed by atoms with Crippen LogP contribution in [-0.4, -0.2) is 84.5 Å². The Labute approximate surface area is 433 Å². The van der Waals surface area contributed by atoms with Gasteiger partial charge in [0.1, 0.15) is 17.5 Å². The molecule has 13 heterocycles. The first kappa shape index (κ1) is 50.9. The molecular weight excluding hydrogens is 996 g/mol. The van der Waals surface area contributed by atoms with Crippen molar-refractivity contribution in [1.29, 1.82) is 0 Å². The van der Waals surface area contributed by atoms with Crippen LogP contribution in [-0.2, 0) is 9.31 Å². The molecule has 0 aromatic carbocycles. The Morgan fingerprint density at radius 2 is 0.890 bits per heavy atom. The Balaban J connectivity index is 0.000000113. The fourth-order valence-corrected chi connectivity index (χ4v) is 12.0. The molecule has 13 rings (SSSR count). The fourth-order valence-electron chi connectivity index (χ4n) is 11.6. The molecule has 73 heavy (non-hydrogen) atoms. The number of hydrogen-bond acceptors (Lipinski definition) is 14. The van der Waals surface area contributed by atoms with Crippen molar-refractivity contribution < 1.29 is 22.5 Å². The molecule has 0 saturated carbocycles. The van der Waals surface area contributed by atoms with Crippen LogP contribution in [0.5, 0.6) is 0 Å². The van der Waals surface area contributed by atoms with Gasteiger partial charge in [-0.25, -0.2) is 29.9 Å². The normalized spacial score (nSPS) is 27.5. The lowest BCUT2D eigenvalue weighted by Gasteiger charge is -2.32. The monoisotopic (exact) mass is 1060 g/mol. The molecule has 0 aliphatic carbocycles. The molecule has 0 amide bonds. The van der Waals surface area contributed by atoms with Gasteiger partial charge in [0, 0.05) is 119 Å². The zero-order chi connectivity index (χ0) is 51.2. The lowest BCUT2D eigenvalue weighted by molar-refractivity contribution is 0.00578. The lowest BCUT2D eigenvalue weighted by atomic mass is 9.80. The van der Waals surface area contributed by atoms with Crippen LogP contribution in [0.1, 0.15) is 120 Å². The number of aromatic nitrogens is 6. The largest absolute Gasteiger partial charge is 0.496 e. The average molecular weight is 1060 g/mol. The van der Waals surface area contributed by atoms with Crippen LogP contribution in [0.2, 0.25) is 0 Å². The topological polar surface area (TPSA) is 210 Å². The first-order valence-electron chi connectivity index (χ1n) is 25.4. The minimum absolute atomic E-state index is 0.320. The standard InChI is InChI=1S/2C16H17FN4.C11H17BN2O2.C11H12BrFN2/c2*17-16-13(9-1-4-15(18)19-7-9)5-10(8-20-16)12-6-11-2-3-14(12)21-11;1-10(2)11(3,4)16-12(15-10)8-5-6-9(13)14-7-8;12-9-3-6(5-14-11(9)13)8-4-7-1-2-10(8)15-7/h2*1,4-5,7-8,11-12,14,21H,2-3,6H2,(H2,18,19);5-7H,1-4H3,(H2,13,14);3,5,7-8,10,15H,1-2,4H2. The van der Waals surface area contributed by atoms with Crippen LogP contribution in [0, 0.1) is 17.8 Å². The zero-order valence-corrected chi connectivity index (χ0v) is 43.1. The van der Waals surface area contributed by atoms with E-state index in [0.29, 0.717) is 98.2 Å². The first-order valence-corrected chi connectivity index (χ1v) is 26.2. The van der Waals surface area contributed by atoms with Crippen LogP contribution in [0.4, 0.5) is 30.6 Å². The van der Waals surface area contributed by atoms with E-state index in [1.807, 2.05) is 52.0 Å². The highest BCUT2D eigenvalue weighted by molar-refractivity contribution is 9.10. The lowest BCUT2D eigenvalue weighted by Crippen LogP contribution is -2.41. The van der Waals surface area contributed by atoms with E-state index in [4.69, 9.17) is 26.5 Å². The second kappa shape index (κ2) is 21.0. The number of hydrogen-bond donors (Lipinski definition) is 6. The highest BCUT2D eigenvalue weighted by Crippen LogP contribution is 2.43. The number of nitrogen functional groups attached to an aromatic ring is 3. The molecule has 7 aliphatic heterocycles. The zero-order valence-electron chi connectivity index (χ0n) is 41.5. The Morgan fingerprint density at radius 1 is 0.507 bits per heavy atom. The molecule has 19 heteroatoms. The van der Waals surface area contributed by atoms with Gasteiger partial charge in [0.15, 0.2) is 0 Å². The van der Waals surface area contributed by atoms with Crippen molar-refractivity contribution in [2.75, 3.05) is 17.2 Å². The predicted molar refractivity (Wildman–Crippen MR) is 282 cm³/mol. The molecule has 6 aromatic heterocycles. The molecule has 0 spiro atoms. The van der Waals surface area contributed by atoms with Crippen LogP contribution in [0.25, 0.3) is 22.3 Å². The van der Waals surface area contributed by atoms with Gasteiger partial charge in [0.05, 0.1) is 15.7 Å². The number of anilines is 3. The van der Waals surface area contributed by atoms with Gasteiger partial charge in [-0.15, -0.1) is 0 Å². The number of fused-ring (bicyclic) bond motifs is 6. The van der Waals surface area contributed by atoms with Gasteiger partial charge in [-0.05, 0) is 167 Å². The van der Waals surface area contributed by atoms with Crippen molar-refractivity contribution >= 4 is 46.0 Å². The van der Waals surface area contributed by atoms with E-state index in [0.717, 1.165) is 35.0 Å². The molecule has 6 bridgehead atoms. The summed E-state index contributed by atoms with van der Waals surface area (Å²) in [4.78, 5) is 23.8. The number of nitrogens with zero attached hydrogens (tertiary/aromatic N) is 6. The second-order valence-electron chi connectivity index (χ2n) is 21.5. The van der Waals surface area contributed by atoms with Gasteiger partial charge >= 0.3 is 7.12 Å². The SMILES string of the molecule is CC1(C)OB(c2ccc(N)nc2)OC1(C)C.Fc1ncc(C2CC3CCC2N3)cc1Br.Nc1ccc(-c2cc(C3CC4CCC3N4)cnc2F)cn1.Nc1ccc(-c2cc(C3CC4CCC3N4)cnc2F)cn1. The summed E-state index contributed by atoms with van der Waals surface area (Å²) in [5.41, 5.74) is 22.8. The highest BCUT2D eigenvalue weighted by Gasteiger charge is 2.52. The van der Waals surface area contributed by atoms with Crippen molar-refractivity contribution in [2.24, 2.45) is 0 Å². The third-order valence-electron chi connectivity index (χ3n) is 16.3. The number of rotatable bonds is 6. The average Bonchev–Trinajstić information content (AvgIpc) is 4.28. The summed E-state index contributed by atoms with van der Waals surface area (Å²) in [6.45, 7) is 8.10. The maximum atomic E-state index is 14.0. The number of nitrogens with two attached hydrogens (primary N) is 3. The molecule has 6 aromatic rings. The minimum atomic E-state index is -0.457. The smallest absolute Gasteiger partial charge is 0.399 e. The minimum Gasteiger partial charge on any atom is -0.399 e. The summed E-state index contributed by atoms with van der Waals surface area (Å²) < 4.78 is 53.3. The molecule has 9 N–H and O–H groups in total. The molecule has 382 valence electrons. The Hall–Kier alpha value is -5.57. The second-order valence-corrected chi connectivity index (χ2v) is 22.3. The molecule has 14 nitrogen and oxygen atoms in total. The van der Waals surface area contributed by atoms with E-state index in [1.165, 1.54) is 44.9 Å². The third kappa shape index (κ3) is 11.1. The van der Waals surface area contributed by atoms with Crippen LogP contribution >= 0.6 is 15.9 Å². The van der Waals surface area contributed by atoms with E-state index in [9.17, 15) is 13.2 Å². The summed E-state index contributed by atoms with van der Waals surface area (Å²) in [6, 6.07) is 19.8. The Morgan fingerprint density at radius 3 is 1.22 bits per heavy atom. The Bertz CT molecular complexity index is 2770. The van der Waals surface area contributed by atoms with Gasteiger partial charge in [0.25, 0.3) is 0 Å². The van der Waals surface area contributed by atoms with E-state index in [1.54, 1.807) is 67.5 Å². The number of nitrogens with one attached hydrogen (secondary N) is 3. The van der Waals surface area contributed by atoms with Gasteiger partial charge < -0.3 is 42.5 Å². The van der Waals surface area contributed by atoms with Gasteiger partial charge in [-0.1, -0.05) is 6.07 Å². The van der Waals surface area contributed by atoms with Gasteiger partial charge in [-0.2, -0.15) is 13.2 Å². The van der Waals surface area contributed by atoms with E-state index in [2.05, 4.69) is 61.8 Å². The maximum Gasteiger partial charge on any atom is 0.496 e. The summed E-state index contributed by atoms with van der Waals surface area (Å²) >= 11 is 3.19. The number of halogens is 4. The van der Waals surface area contributed by atoms with Crippen LogP contribution in [0.15, 0.2) is 96.3 Å². The molecule has 7 aliphatic rings. The molecule has 7 fully saturated rings. The first-order chi connectivity index (χ1) is 35.0. The van der Waals surface area contributed by atoms with E-state index >= 15 is 0 Å². The van der Waals surface area contributed by atoms with Crippen molar-refractivity contribution in [3.63, 3.8) is 0 Å². The fraction of sp³-hybridized carbons (Fsp3) is 0.444. The molecule has 9 atom stereocenters. The van der Waals surface area contributed by atoms with Crippen molar-refractivity contribution in [2.45, 2.75) is 151 Å². The van der Waals surface area contributed by atoms with Crippen molar-refractivity contribution in [3.8, 4) is 22.3 Å². The molecular formula is C54H63BBrF3N12O2. The predicted octanol–water partition coefficient (Wildman–Crippen LogP) is 8.50. The quantitative estimate of drug-likeness (QED) is 0.0683. The molecule has 9 unspecified atom stereocenters. The maximum absolute atomic E-state index is 14.0.